The summed E-state index contributed by atoms with van der Waals surface area (Å²) >= 11 is 0. The molecule has 0 aromatic heterocycles. The molecule has 1 saturated carbocycles. The van der Waals surface area contributed by atoms with Crippen LogP contribution in [0, 0.1) is 11.8 Å². The third-order valence-corrected chi connectivity index (χ3v) is 7.58. The molecule has 1 saturated heterocycles. The molecule has 2 aliphatic rings. The van der Waals surface area contributed by atoms with Gasteiger partial charge in [0.05, 0.1) is 31.1 Å². The fraction of sp³-hybridized carbons (Fsp3) is 0.950. The molecule has 0 aromatic rings. The molecule has 1 aliphatic heterocycles. The molecule has 0 bridgehead atoms. The predicted octanol–water partition coefficient (Wildman–Crippen LogP) is 3.15. The Morgan fingerprint density at radius 3 is 2.39 bits per heavy atom. The molecule has 2 fully saturated rings. The molecule has 0 aromatic carbocycles. The fourth-order valence-corrected chi connectivity index (χ4v) is 5.21. The number of nitrogens with zero attached hydrogens (tertiary/aromatic N) is 1. The van der Waals surface area contributed by atoms with E-state index in [0.29, 0.717) is 32.1 Å². The maximum absolute atomic E-state index is 12.4. The lowest BCUT2D eigenvalue weighted by Crippen LogP contribution is -2.59. The van der Waals surface area contributed by atoms with Gasteiger partial charge in [-0.3, -0.25) is 0 Å². The minimum Gasteiger partial charge on any atom is -0.450 e. The lowest BCUT2D eigenvalue weighted by molar-refractivity contribution is -0.0316. The summed E-state index contributed by atoms with van der Waals surface area (Å²) in [6.07, 6.45) is 5.63. The first-order valence-electron chi connectivity index (χ1n) is 10.8. The van der Waals surface area contributed by atoms with Crippen LogP contribution in [0.3, 0.4) is 0 Å². The summed E-state index contributed by atoms with van der Waals surface area (Å²) < 4.78 is 38.4. The van der Waals surface area contributed by atoms with Crippen LogP contribution in [0.15, 0.2) is 0 Å². The zero-order valence-corrected chi connectivity index (χ0v) is 18.7. The van der Waals surface area contributed by atoms with Crippen molar-refractivity contribution in [2.75, 3.05) is 25.5 Å². The summed E-state index contributed by atoms with van der Waals surface area (Å²) in [5, 5.41) is 0. The van der Waals surface area contributed by atoms with Crippen molar-refractivity contribution in [1.82, 2.24) is 9.62 Å². The van der Waals surface area contributed by atoms with Crippen molar-refractivity contribution in [1.29, 1.82) is 0 Å². The summed E-state index contributed by atoms with van der Waals surface area (Å²) in [5.74, 6) is 1.48. The number of amides is 1. The number of ether oxygens (including phenoxy) is 2. The Bertz CT molecular complexity index is 587. The van der Waals surface area contributed by atoms with Gasteiger partial charge >= 0.3 is 6.09 Å². The highest BCUT2D eigenvalue weighted by Crippen LogP contribution is 2.32. The maximum Gasteiger partial charge on any atom is 0.410 e. The number of carbonyl (C=O) groups excluding carboxylic acids is 1. The molecular weight excluding hydrogens is 380 g/mol. The summed E-state index contributed by atoms with van der Waals surface area (Å²) in [7, 11) is -3.36. The topological polar surface area (TPSA) is 84.9 Å². The second-order valence-corrected chi connectivity index (χ2v) is 10.4. The standard InChI is InChI=1S/C20H38N2O5S/c1-5-26-20(23)22-13-7-8-18(21-28(24,25)6-2)19(22)14-27-17-11-9-16(10-12-17)15(3)4/h15-19,21H,5-14H2,1-4H3. The van der Waals surface area contributed by atoms with E-state index in [2.05, 4.69) is 18.6 Å². The molecule has 8 heteroatoms. The Hall–Kier alpha value is -0.860. The van der Waals surface area contributed by atoms with E-state index in [1.54, 1.807) is 18.7 Å². The van der Waals surface area contributed by atoms with E-state index < -0.39 is 10.0 Å². The Balaban J connectivity index is 2.02. The van der Waals surface area contributed by atoms with Crippen LogP contribution >= 0.6 is 0 Å². The van der Waals surface area contributed by atoms with Crippen molar-refractivity contribution in [2.45, 2.75) is 84.4 Å². The highest BCUT2D eigenvalue weighted by Gasteiger charge is 2.38. The number of sulfonamides is 1. The third-order valence-electron chi connectivity index (χ3n) is 6.16. The third kappa shape index (κ3) is 6.59. The van der Waals surface area contributed by atoms with Crippen molar-refractivity contribution in [3.63, 3.8) is 0 Å². The molecular formula is C20H38N2O5S. The van der Waals surface area contributed by atoms with Crippen LogP contribution in [0.25, 0.3) is 0 Å². The first kappa shape index (κ1) is 23.4. The molecule has 28 heavy (non-hydrogen) atoms. The minimum atomic E-state index is -3.36. The monoisotopic (exact) mass is 418 g/mol. The number of nitrogens with one attached hydrogen (secondary N) is 1. The van der Waals surface area contributed by atoms with Crippen molar-refractivity contribution in [3.8, 4) is 0 Å². The molecule has 7 nitrogen and oxygen atoms in total. The van der Waals surface area contributed by atoms with Crippen LogP contribution < -0.4 is 4.72 Å². The molecule has 164 valence electrons. The van der Waals surface area contributed by atoms with E-state index in [4.69, 9.17) is 9.47 Å². The second-order valence-electron chi connectivity index (χ2n) is 8.34. The fourth-order valence-electron chi connectivity index (χ4n) is 4.30. The van der Waals surface area contributed by atoms with Gasteiger partial charge in [0, 0.05) is 12.6 Å². The smallest absolute Gasteiger partial charge is 0.410 e. The van der Waals surface area contributed by atoms with Gasteiger partial charge in [0.2, 0.25) is 10.0 Å². The Labute approximate surface area is 170 Å². The molecule has 2 unspecified atom stereocenters. The van der Waals surface area contributed by atoms with Gasteiger partial charge in [0.1, 0.15) is 0 Å². The van der Waals surface area contributed by atoms with Crippen molar-refractivity contribution in [3.05, 3.63) is 0 Å². The van der Waals surface area contributed by atoms with Crippen LogP contribution in [0.4, 0.5) is 4.79 Å². The van der Waals surface area contributed by atoms with E-state index in [1.807, 2.05) is 0 Å². The van der Waals surface area contributed by atoms with E-state index in [1.165, 1.54) is 12.8 Å². The van der Waals surface area contributed by atoms with E-state index in [9.17, 15) is 13.2 Å². The average molecular weight is 419 g/mol. The second kappa shape index (κ2) is 10.8. The van der Waals surface area contributed by atoms with Gasteiger partial charge in [-0.05, 0) is 64.2 Å². The lowest BCUT2D eigenvalue weighted by Gasteiger charge is -2.41. The highest BCUT2D eigenvalue weighted by molar-refractivity contribution is 7.89. The van der Waals surface area contributed by atoms with Crippen molar-refractivity contribution >= 4 is 16.1 Å². The molecule has 1 aliphatic carbocycles. The summed E-state index contributed by atoms with van der Waals surface area (Å²) in [6.45, 7) is 9.15. The van der Waals surface area contributed by atoms with Gasteiger partial charge < -0.3 is 14.4 Å². The van der Waals surface area contributed by atoms with Crippen LogP contribution in [0.2, 0.25) is 0 Å². The molecule has 2 atom stereocenters. The summed E-state index contributed by atoms with van der Waals surface area (Å²) in [4.78, 5) is 14.1. The van der Waals surface area contributed by atoms with Gasteiger partial charge in [-0.1, -0.05) is 13.8 Å². The molecule has 1 N–H and O–H groups in total. The zero-order chi connectivity index (χ0) is 20.7. The van der Waals surface area contributed by atoms with Gasteiger partial charge in [-0.15, -0.1) is 0 Å². The number of hydrogen-bond acceptors (Lipinski definition) is 5. The van der Waals surface area contributed by atoms with E-state index in [0.717, 1.165) is 25.2 Å². The summed E-state index contributed by atoms with van der Waals surface area (Å²) in [5.41, 5.74) is 0. The minimum absolute atomic E-state index is 0.0235. The molecule has 0 spiro atoms. The van der Waals surface area contributed by atoms with Crippen molar-refractivity contribution in [2.24, 2.45) is 11.8 Å². The van der Waals surface area contributed by atoms with Crippen LogP contribution in [-0.2, 0) is 19.5 Å². The largest absolute Gasteiger partial charge is 0.450 e. The number of hydrogen-bond donors (Lipinski definition) is 1. The van der Waals surface area contributed by atoms with E-state index in [-0.39, 0.29) is 30.0 Å². The number of likely N-dealkylation sites (tertiary alicyclic amines) is 1. The molecule has 0 radical (unpaired) electrons. The first-order chi connectivity index (χ1) is 13.3. The van der Waals surface area contributed by atoms with Crippen LogP contribution in [-0.4, -0.2) is 63.1 Å². The quantitative estimate of drug-likeness (QED) is 0.654. The number of rotatable bonds is 8. The summed E-state index contributed by atoms with van der Waals surface area (Å²) in [6, 6.07) is -0.674. The van der Waals surface area contributed by atoms with Gasteiger partial charge in [0.15, 0.2) is 0 Å². The highest BCUT2D eigenvalue weighted by atomic mass is 32.2. The van der Waals surface area contributed by atoms with Gasteiger partial charge in [0.25, 0.3) is 0 Å². The molecule has 1 amide bonds. The zero-order valence-electron chi connectivity index (χ0n) is 17.9. The average Bonchev–Trinajstić information content (AvgIpc) is 2.67. The molecule has 1 heterocycles. The normalized spacial score (nSPS) is 29.1. The SMILES string of the molecule is CCOC(=O)N1CCCC(NS(=O)(=O)CC)C1COC1CCC(C(C)C)CC1. The van der Waals surface area contributed by atoms with Crippen molar-refractivity contribution < 1.29 is 22.7 Å². The van der Waals surface area contributed by atoms with Gasteiger partial charge in [-0.25, -0.2) is 17.9 Å². The number of carbonyl (C=O) groups is 1. The first-order valence-corrected chi connectivity index (χ1v) is 12.5. The maximum atomic E-state index is 12.4. The van der Waals surface area contributed by atoms with Crippen LogP contribution in [0.5, 0.6) is 0 Å². The Morgan fingerprint density at radius 2 is 1.82 bits per heavy atom. The lowest BCUT2D eigenvalue weighted by atomic mass is 9.80. The predicted molar refractivity (Wildman–Crippen MR) is 110 cm³/mol. The van der Waals surface area contributed by atoms with E-state index >= 15 is 0 Å². The Kier molecular flexibility index (Phi) is 9.02. The number of piperidine rings is 1. The Morgan fingerprint density at radius 1 is 1.14 bits per heavy atom. The van der Waals surface area contributed by atoms with Crippen LogP contribution in [0.1, 0.15) is 66.2 Å². The van der Waals surface area contributed by atoms with Gasteiger partial charge in [-0.2, -0.15) is 0 Å². The molecule has 2 rings (SSSR count).